The highest BCUT2D eigenvalue weighted by Gasteiger charge is 2.36. The number of alkyl halides is 3. The predicted molar refractivity (Wildman–Crippen MR) is 131 cm³/mol. The van der Waals surface area contributed by atoms with Crippen molar-refractivity contribution in [2.45, 2.75) is 19.5 Å². The average Bonchev–Trinajstić information content (AvgIpc) is 3.49. The van der Waals surface area contributed by atoms with Gasteiger partial charge in [-0.15, -0.1) is 11.3 Å². The number of anilines is 1. The Morgan fingerprint density at radius 2 is 1.89 bits per heavy atom. The van der Waals surface area contributed by atoms with Gasteiger partial charge in [-0.25, -0.2) is 14.5 Å². The number of rotatable bonds is 6. The Labute approximate surface area is 211 Å². The molecule has 0 radical (unpaired) electrons. The number of esters is 1. The Bertz CT molecular complexity index is 1640. The number of carbonyl (C=O) groups excluding carboxylic acids is 2. The van der Waals surface area contributed by atoms with Crippen LogP contribution in [0.1, 0.15) is 28.7 Å². The van der Waals surface area contributed by atoms with Crippen molar-refractivity contribution in [3.05, 3.63) is 77.1 Å². The van der Waals surface area contributed by atoms with Crippen molar-refractivity contribution in [1.82, 2.24) is 19.6 Å². The molecule has 5 rings (SSSR count). The van der Waals surface area contributed by atoms with Crippen molar-refractivity contribution in [3.63, 3.8) is 0 Å². The molecular weight excluding hydrogens is 507 g/mol. The Balaban J connectivity index is 1.55. The number of amides is 1. The molecule has 0 spiro atoms. The van der Waals surface area contributed by atoms with Crippen molar-refractivity contribution in [2.24, 2.45) is 0 Å². The second-order valence-electron chi connectivity index (χ2n) is 7.92. The first-order chi connectivity index (χ1) is 17.7. The summed E-state index contributed by atoms with van der Waals surface area (Å²) in [4.78, 5) is 33.3. The van der Waals surface area contributed by atoms with Crippen LogP contribution in [-0.2, 0) is 22.1 Å². The molecule has 12 heteroatoms. The molecular formula is C25H18F3N5O3S. The van der Waals surface area contributed by atoms with Gasteiger partial charge in [-0.2, -0.15) is 18.3 Å². The minimum atomic E-state index is -4.75. The van der Waals surface area contributed by atoms with Gasteiger partial charge in [0.2, 0.25) is 0 Å². The van der Waals surface area contributed by atoms with E-state index in [1.165, 1.54) is 0 Å². The number of nitrogens with one attached hydrogen (secondary N) is 1. The number of hydrogen-bond acceptors (Lipinski definition) is 7. The smallest absolute Gasteiger partial charge is 0.433 e. The summed E-state index contributed by atoms with van der Waals surface area (Å²) in [5, 5.41) is 9.67. The van der Waals surface area contributed by atoms with Crippen LogP contribution in [0.4, 0.5) is 18.3 Å². The second kappa shape index (κ2) is 9.62. The van der Waals surface area contributed by atoms with Crippen molar-refractivity contribution in [2.75, 3.05) is 11.9 Å². The summed E-state index contributed by atoms with van der Waals surface area (Å²) in [6.07, 6.45) is -3.79. The third kappa shape index (κ3) is 4.87. The highest BCUT2D eigenvalue weighted by atomic mass is 32.1. The SMILES string of the molecule is CCOC(=O)Cc1csc(NC(=O)c2cnn3c(C(F)(F)F)cc(-c4cccc5ccccc45)nc23)n1. The molecule has 8 nitrogen and oxygen atoms in total. The van der Waals surface area contributed by atoms with E-state index in [0.717, 1.165) is 34.4 Å². The molecule has 1 N–H and O–H groups in total. The quantitative estimate of drug-likeness (QED) is 0.299. The molecule has 3 aromatic heterocycles. The molecule has 1 amide bonds. The standard InChI is InChI=1S/C25H18F3N5O3S/c1-2-36-21(34)10-15-13-37-24(30-15)32-23(35)18-12-29-33-20(25(26,27)28)11-19(31-22(18)33)17-9-5-7-14-6-3-4-8-16(14)17/h3-9,11-13H,2,10H2,1H3,(H,30,32,35). The van der Waals surface area contributed by atoms with Crippen molar-refractivity contribution >= 4 is 44.8 Å². The summed E-state index contributed by atoms with van der Waals surface area (Å²) < 4.78 is 47.5. The first kappa shape index (κ1) is 24.4. The molecule has 0 aliphatic rings. The van der Waals surface area contributed by atoms with Crippen molar-refractivity contribution < 1.29 is 27.5 Å². The summed E-state index contributed by atoms with van der Waals surface area (Å²) in [6, 6.07) is 13.5. The monoisotopic (exact) mass is 525 g/mol. The van der Waals surface area contributed by atoms with Crippen LogP contribution in [-0.4, -0.2) is 38.1 Å². The molecule has 5 aromatic rings. The Hall–Kier alpha value is -4.32. The molecule has 2 aromatic carbocycles. The number of ether oxygens (including phenoxy) is 1. The largest absolute Gasteiger partial charge is 0.466 e. The molecule has 0 atom stereocenters. The van der Waals surface area contributed by atoms with Gasteiger partial charge in [0.05, 0.1) is 30.6 Å². The third-order valence-electron chi connectivity index (χ3n) is 5.48. The third-order valence-corrected chi connectivity index (χ3v) is 6.28. The highest BCUT2D eigenvalue weighted by molar-refractivity contribution is 7.14. The van der Waals surface area contributed by atoms with Gasteiger partial charge in [0, 0.05) is 10.9 Å². The van der Waals surface area contributed by atoms with Crippen LogP contribution in [0.5, 0.6) is 0 Å². The van der Waals surface area contributed by atoms with E-state index in [9.17, 15) is 22.8 Å². The van der Waals surface area contributed by atoms with E-state index in [1.54, 1.807) is 36.6 Å². The van der Waals surface area contributed by atoms with Gasteiger partial charge in [0.1, 0.15) is 5.56 Å². The van der Waals surface area contributed by atoms with Gasteiger partial charge in [0.25, 0.3) is 5.91 Å². The lowest BCUT2D eigenvalue weighted by atomic mass is 10.0. The fourth-order valence-electron chi connectivity index (χ4n) is 3.88. The van der Waals surface area contributed by atoms with Crippen LogP contribution in [0.25, 0.3) is 27.7 Å². The summed E-state index contributed by atoms with van der Waals surface area (Å²) in [6.45, 7) is 1.92. The molecule has 0 saturated heterocycles. The fourth-order valence-corrected chi connectivity index (χ4v) is 4.59. The molecule has 37 heavy (non-hydrogen) atoms. The van der Waals surface area contributed by atoms with Gasteiger partial charge >= 0.3 is 12.1 Å². The van der Waals surface area contributed by atoms with E-state index < -0.39 is 23.7 Å². The number of halogens is 3. The topological polar surface area (TPSA) is 98.5 Å². The second-order valence-corrected chi connectivity index (χ2v) is 8.78. The Morgan fingerprint density at radius 1 is 1.11 bits per heavy atom. The Morgan fingerprint density at radius 3 is 2.68 bits per heavy atom. The molecule has 188 valence electrons. The molecule has 0 aliphatic heterocycles. The van der Waals surface area contributed by atoms with Crippen LogP contribution in [0.2, 0.25) is 0 Å². The van der Waals surface area contributed by atoms with Crippen LogP contribution >= 0.6 is 11.3 Å². The minimum Gasteiger partial charge on any atom is -0.466 e. The molecule has 3 heterocycles. The van der Waals surface area contributed by atoms with E-state index in [-0.39, 0.29) is 35.1 Å². The summed E-state index contributed by atoms with van der Waals surface area (Å²) in [5.41, 5.74) is -0.535. The van der Waals surface area contributed by atoms with Crippen molar-refractivity contribution in [1.29, 1.82) is 0 Å². The lowest BCUT2D eigenvalue weighted by Crippen LogP contribution is -2.16. The lowest BCUT2D eigenvalue weighted by molar-refractivity contribution is -0.143. The maximum absolute atomic E-state index is 14.0. The first-order valence-electron chi connectivity index (χ1n) is 11.1. The zero-order chi connectivity index (χ0) is 26.2. The number of nitrogens with zero attached hydrogens (tertiary/aromatic N) is 4. The zero-order valence-electron chi connectivity index (χ0n) is 19.2. The Kier molecular flexibility index (Phi) is 6.34. The minimum absolute atomic E-state index is 0.0529. The average molecular weight is 526 g/mol. The molecule has 0 saturated carbocycles. The molecule has 0 unspecified atom stereocenters. The van der Waals surface area contributed by atoms with E-state index in [4.69, 9.17) is 4.74 Å². The van der Waals surface area contributed by atoms with E-state index in [1.807, 2.05) is 18.2 Å². The van der Waals surface area contributed by atoms with Crippen LogP contribution in [0.15, 0.2) is 60.1 Å². The van der Waals surface area contributed by atoms with Crippen molar-refractivity contribution in [3.8, 4) is 11.3 Å². The van der Waals surface area contributed by atoms with Gasteiger partial charge in [-0.3, -0.25) is 14.9 Å². The maximum Gasteiger partial charge on any atom is 0.433 e. The molecule has 0 fully saturated rings. The highest BCUT2D eigenvalue weighted by Crippen LogP contribution is 2.35. The molecule has 0 aliphatic carbocycles. The van der Waals surface area contributed by atoms with E-state index >= 15 is 0 Å². The van der Waals surface area contributed by atoms with Crippen LogP contribution in [0, 0.1) is 0 Å². The van der Waals surface area contributed by atoms with Gasteiger partial charge in [0.15, 0.2) is 16.5 Å². The number of fused-ring (bicyclic) bond motifs is 2. The summed E-state index contributed by atoms with van der Waals surface area (Å²) in [7, 11) is 0. The number of aromatic nitrogens is 4. The number of carbonyl (C=O) groups is 2. The van der Waals surface area contributed by atoms with Crippen LogP contribution in [0.3, 0.4) is 0 Å². The fraction of sp³-hybridized carbons (Fsp3) is 0.160. The van der Waals surface area contributed by atoms with Crippen LogP contribution < -0.4 is 5.32 Å². The van der Waals surface area contributed by atoms with E-state index in [0.29, 0.717) is 15.8 Å². The summed E-state index contributed by atoms with van der Waals surface area (Å²) >= 11 is 1.07. The maximum atomic E-state index is 14.0. The van der Waals surface area contributed by atoms with Gasteiger partial charge in [-0.05, 0) is 23.8 Å². The molecule has 0 bridgehead atoms. The number of thiazole rings is 1. The predicted octanol–water partition coefficient (Wildman–Crippen LogP) is 5.38. The van der Waals surface area contributed by atoms with Gasteiger partial charge in [-0.1, -0.05) is 42.5 Å². The number of benzene rings is 2. The van der Waals surface area contributed by atoms with E-state index in [2.05, 4.69) is 20.4 Å². The lowest BCUT2D eigenvalue weighted by Gasteiger charge is -2.13. The normalized spacial score (nSPS) is 11.7. The number of hydrogen-bond donors (Lipinski definition) is 1. The zero-order valence-corrected chi connectivity index (χ0v) is 20.1. The van der Waals surface area contributed by atoms with Gasteiger partial charge < -0.3 is 4.74 Å². The first-order valence-corrected chi connectivity index (χ1v) is 12.0. The summed E-state index contributed by atoms with van der Waals surface area (Å²) in [5.74, 6) is -1.19.